The van der Waals surface area contributed by atoms with Gasteiger partial charge in [-0.25, -0.2) is 0 Å². The second-order valence-electron chi connectivity index (χ2n) is 6.37. The SMILES string of the molecule is CCCCCCCCCCCCN(C)C.OB(O)O.OB(O)O.OB(O)O.OB(O)O. The van der Waals surface area contributed by atoms with Crippen LogP contribution in [0.1, 0.15) is 71.1 Å². The summed E-state index contributed by atoms with van der Waals surface area (Å²) in [5.41, 5.74) is 0. The van der Waals surface area contributed by atoms with Crippen molar-refractivity contribution in [2.75, 3.05) is 20.6 Å². The Hall–Kier alpha value is -0.260. The molecule has 188 valence electrons. The predicted octanol–water partition coefficient (Wildman–Crippen LogP) is -3.74. The summed E-state index contributed by atoms with van der Waals surface area (Å²) in [5, 5.41) is 86.0. The van der Waals surface area contributed by atoms with Crippen molar-refractivity contribution in [2.24, 2.45) is 0 Å². The topological polar surface area (TPSA) is 246 Å². The summed E-state index contributed by atoms with van der Waals surface area (Å²) in [4.78, 5) is 2.28. The maximum atomic E-state index is 7.17. The molecule has 31 heavy (non-hydrogen) atoms. The Balaban J connectivity index is -0.000000114. The molecule has 17 heteroatoms. The summed E-state index contributed by atoms with van der Waals surface area (Å²) in [6, 6.07) is 0. The van der Waals surface area contributed by atoms with Crippen LogP contribution in [0.15, 0.2) is 0 Å². The molecule has 0 heterocycles. The van der Waals surface area contributed by atoms with Crippen LogP contribution in [0.4, 0.5) is 0 Å². The van der Waals surface area contributed by atoms with E-state index in [1.54, 1.807) is 0 Å². The average Bonchev–Trinajstić information content (AvgIpc) is 2.54. The zero-order chi connectivity index (χ0) is 25.7. The third-order valence-electron chi connectivity index (χ3n) is 2.96. The number of hydrogen-bond donors (Lipinski definition) is 12. The second-order valence-corrected chi connectivity index (χ2v) is 6.37. The molecule has 0 bridgehead atoms. The van der Waals surface area contributed by atoms with Gasteiger partial charge in [-0.1, -0.05) is 64.7 Å². The molecule has 13 nitrogen and oxygen atoms in total. The molecule has 0 aliphatic heterocycles. The van der Waals surface area contributed by atoms with Gasteiger partial charge in [0.2, 0.25) is 0 Å². The Morgan fingerprint density at radius 3 is 0.806 bits per heavy atom. The molecule has 0 aromatic carbocycles. The van der Waals surface area contributed by atoms with Crippen LogP contribution in [0.5, 0.6) is 0 Å². The quantitative estimate of drug-likeness (QED) is 0.105. The number of hydrogen-bond acceptors (Lipinski definition) is 13. The van der Waals surface area contributed by atoms with Crippen molar-refractivity contribution < 1.29 is 60.3 Å². The van der Waals surface area contributed by atoms with Crippen LogP contribution in [-0.4, -0.2) is 115 Å². The van der Waals surface area contributed by atoms with Gasteiger partial charge in [0.25, 0.3) is 0 Å². The van der Waals surface area contributed by atoms with Gasteiger partial charge in [-0.3, -0.25) is 0 Å². The van der Waals surface area contributed by atoms with E-state index in [0.717, 1.165) is 0 Å². The first-order valence-electron chi connectivity index (χ1n) is 10.0. The average molecular weight is 461 g/mol. The molecule has 0 spiro atoms. The molecule has 0 rings (SSSR count). The second kappa shape index (κ2) is 37.1. The van der Waals surface area contributed by atoms with E-state index in [1.807, 2.05) is 0 Å². The highest BCUT2D eigenvalue weighted by atomic mass is 16.5. The molecular weight excluding hydrogens is 417 g/mol. The van der Waals surface area contributed by atoms with Crippen molar-refractivity contribution in [3.63, 3.8) is 0 Å². The fraction of sp³-hybridized carbons (Fsp3) is 1.00. The number of rotatable bonds is 11. The van der Waals surface area contributed by atoms with E-state index in [-0.39, 0.29) is 0 Å². The first-order chi connectivity index (χ1) is 14.2. The highest BCUT2D eigenvalue weighted by molar-refractivity contribution is 6.31. The summed E-state index contributed by atoms with van der Waals surface area (Å²) >= 11 is 0. The molecule has 0 radical (unpaired) electrons. The minimum absolute atomic E-state index is 1.26. The third-order valence-corrected chi connectivity index (χ3v) is 2.96. The summed E-state index contributed by atoms with van der Waals surface area (Å²) in [6.07, 6.45) is 14.4. The molecule has 0 aliphatic rings. The van der Waals surface area contributed by atoms with Gasteiger partial charge in [0.1, 0.15) is 0 Å². The first-order valence-corrected chi connectivity index (χ1v) is 10.0. The molecule has 0 amide bonds. The van der Waals surface area contributed by atoms with E-state index in [1.165, 1.54) is 70.8 Å². The minimum atomic E-state index is -2.17. The lowest BCUT2D eigenvalue weighted by atomic mass is 10.1. The first kappa shape index (κ1) is 41.0. The normalized spacial score (nSPS) is 8.90. The molecule has 0 unspecified atom stereocenters. The van der Waals surface area contributed by atoms with Crippen LogP contribution in [0.2, 0.25) is 0 Å². The number of unbranched alkanes of at least 4 members (excludes halogenated alkanes) is 9. The zero-order valence-electron chi connectivity index (χ0n) is 18.9. The standard InChI is InChI=1S/C14H31N.4BH3O3/c1-4-5-6-7-8-9-10-11-12-13-14-15(2)3;4*2-1(3)4/h4-14H2,1-3H3;4*2-4H. The van der Waals surface area contributed by atoms with Crippen LogP contribution in [0.25, 0.3) is 0 Å². The van der Waals surface area contributed by atoms with Crippen LogP contribution in [0, 0.1) is 0 Å². The maximum Gasteiger partial charge on any atom is 0.631 e. The van der Waals surface area contributed by atoms with Gasteiger partial charge in [-0.15, -0.1) is 0 Å². The monoisotopic (exact) mass is 461 g/mol. The molecular formula is C14H43B4NO12. The Morgan fingerprint density at radius 2 is 0.613 bits per heavy atom. The van der Waals surface area contributed by atoms with E-state index in [0.29, 0.717) is 0 Å². The fourth-order valence-electron chi connectivity index (χ4n) is 1.92. The van der Waals surface area contributed by atoms with Gasteiger partial charge >= 0.3 is 29.3 Å². The lowest BCUT2D eigenvalue weighted by Crippen LogP contribution is -2.12. The summed E-state index contributed by atoms with van der Waals surface area (Å²) in [5.74, 6) is 0. The van der Waals surface area contributed by atoms with Crippen LogP contribution in [-0.2, 0) is 0 Å². The van der Waals surface area contributed by atoms with Crippen molar-refractivity contribution in [1.29, 1.82) is 0 Å². The van der Waals surface area contributed by atoms with E-state index in [9.17, 15) is 0 Å². The highest BCUT2D eigenvalue weighted by Gasteiger charge is 1.94. The molecule has 0 saturated heterocycles. The van der Waals surface area contributed by atoms with Gasteiger partial charge in [-0.2, -0.15) is 0 Å². The summed E-state index contributed by atoms with van der Waals surface area (Å²) in [7, 11) is -4.35. The van der Waals surface area contributed by atoms with Crippen molar-refractivity contribution in [2.45, 2.75) is 71.1 Å². The lowest BCUT2D eigenvalue weighted by molar-refractivity contribution is 0.276. The summed E-state index contributed by atoms with van der Waals surface area (Å²) in [6.45, 7) is 3.54. The molecule has 0 aromatic heterocycles. The van der Waals surface area contributed by atoms with Gasteiger partial charge in [0, 0.05) is 0 Å². The van der Waals surface area contributed by atoms with Gasteiger partial charge < -0.3 is 65.2 Å². The fourth-order valence-corrected chi connectivity index (χ4v) is 1.92. The van der Waals surface area contributed by atoms with Crippen LogP contribution in [0.3, 0.4) is 0 Å². The Kier molecular flexibility index (Phi) is 49.1. The molecule has 12 N–H and O–H groups in total. The maximum absolute atomic E-state index is 7.17. The smallest absolute Gasteiger partial charge is 0.402 e. The van der Waals surface area contributed by atoms with Gasteiger partial charge in [0.05, 0.1) is 0 Å². The minimum Gasteiger partial charge on any atom is -0.402 e. The molecule has 0 aliphatic carbocycles. The Labute approximate surface area is 187 Å². The summed E-state index contributed by atoms with van der Waals surface area (Å²) < 4.78 is 0. The lowest BCUT2D eigenvalue weighted by Gasteiger charge is -2.08. The predicted molar refractivity (Wildman–Crippen MR) is 120 cm³/mol. The molecule has 0 aromatic rings. The van der Waals surface area contributed by atoms with E-state index in [4.69, 9.17) is 60.3 Å². The van der Waals surface area contributed by atoms with Crippen molar-refractivity contribution in [3.8, 4) is 0 Å². The van der Waals surface area contributed by atoms with E-state index < -0.39 is 29.3 Å². The Morgan fingerprint density at radius 1 is 0.419 bits per heavy atom. The molecule has 0 saturated carbocycles. The van der Waals surface area contributed by atoms with Crippen LogP contribution < -0.4 is 0 Å². The van der Waals surface area contributed by atoms with Crippen molar-refractivity contribution in [1.82, 2.24) is 4.90 Å². The van der Waals surface area contributed by atoms with E-state index in [2.05, 4.69) is 25.9 Å². The van der Waals surface area contributed by atoms with E-state index >= 15 is 0 Å². The van der Waals surface area contributed by atoms with Gasteiger partial charge in [0.15, 0.2) is 0 Å². The molecule has 0 fully saturated rings. The Bertz CT molecular complexity index is 249. The third kappa shape index (κ3) is 166. The van der Waals surface area contributed by atoms with Crippen molar-refractivity contribution >= 4 is 29.3 Å². The largest absolute Gasteiger partial charge is 0.631 e. The van der Waals surface area contributed by atoms with Crippen molar-refractivity contribution in [3.05, 3.63) is 0 Å². The highest BCUT2D eigenvalue weighted by Crippen LogP contribution is 2.10. The van der Waals surface area contributed by atoms with Gasteiger partial charge in [-0.05, 0) is 27.1 Å². The number of nitrogens with zero attached hydrogens (tertiary/aromatic N) is 1. The zero-order valence-corrected chi connectivity index (χ0v) is 18.9. The molecule has 0 atom stereocenters. The van der Waals surface area contributed by atoms with Crippen LogP contribution >= 0.6 is 0 Å².